The third kappa shape index (κ3) is 5.19. The number of oxazole rings is 1. The molecule has 0 aliphatic heterocycles. The topological polar surface area (TPSA) is 29.3 Å². The van der Waals surface area contributed by atoms with Gasteiger partial charge in [0, 0.05) is 33.6 Å². The standard InChI is InChI=1S/C49H32N2O/c1-3-13-35(14-4-1)49-50-47-46(32-38-15-8-10-20-45(38)48(47)52-49)39-23-22-37-31-42(29-26-36(37)30-39)51(40-17-5-2-6-18-40)41-27-24-34(25-28-41)44-21-11-16-33-12-7-9-19-43(33)44/h1-32H. The van der Waals surface area contributed by atoms with E-state index in [1.165, 1.54) is 21.9 Å². The van der Waals surface area contributed by atoms with E-state index in [4.69, 9.17) is 9.40 Å². The molecular formula is C49H32N2O. The molecule has 0 aliphatic rings. The van der Waals surface area contributed by atoms with Gasteiger partial charge in [0.05, 0.1) is 0 Å². The lowest BCUT2D eigenvalue weighted by atomic mass is 9.96. The minimum Gasteiger partial charge on any atom is -0.435 e. The smallest absolute Gasteiger partial charge is 0.227 e. The van der Waals surface area contributed by atoms with Crippen molar-refractivity contribution in [2.75, 3.05) is 4.90 Å². The fourth-order valence-electron chi connectivity index (χ4n) is 7.49. The first-order chi connectivity index (χ1) is 25.8. The summed E-state index contributed by atoms with van der Waals surface area (Å²) >= 11 is 0. The Kier molecular flexibility index (Phi) is 7.14. The van der Waals surface area contributed by atoms with Crippen molar-refractivity contribution in [2.24, 2.45) is 0 Å². The van der Waals surface area contributed by atoms with Gasteiger partial charge in [0.1, 0.15) is 5.52 Å². The van der Waals surface area contributed by atoms with Crippen molar-refractivity contribution in [3.8, 4) is 33.7 Å². The molecule has 1 aromatic heterocycles. The molecule has 10 aromatic rings. The number of benzene rings is 9. The van der Waals surface area contributed by atoms with Crippen LogP contribution in [0.2, 0.25) is 0 Å². The van der Waals surface area contributed by atoms with Gasteiger partial charge in [-0.3, -0.25) is 0 Å². The number of aromatic nitrogens is 1. The maximum absolute atomic E-state index is 6.48. The number of hydrogen-bond acceptors (Lipinski definition) is 3. The normalized spacial score (nSPS) is 11.5. The van der Waals surface area contributed by atoms with E-state index in [0.29, 0.717) is 5.89 Å². The van der Waals surface area contributed by atoms with Crippen LogP contribution >= 0.6 is 0 Å². The average molecular weight is 665 g/mol. The Morgan fingerprint density at radius 1 is 0.365 bits per heavy atom. The number of para-hydroxylation sites is 1. The summed E-state index contributed by atoms with van der Waals surface area (Å²) in [4.78, 5) is 7.39. The molecule has 10 rings (SSSR count). The Hall–Kier alpha value is -6.97. The third-order valence-corrected chi connectivity index (χ3v) is 10.0. The molecule has 3 heteroatoms. The molecule has 0 spiro atoms. The lowest BCUT2D eigenvalue weighted by Gasteiger charge is -2.26. The summed E-state index contributed by atoms with van der Waals surface area (Å²) in [6.07, 6.45) is 0. The first kappa shape index (κ1) is 29.9. The summed E-state index contributed by atoms with van der Waals surface area (Å²) in [6, 6.07) is 68.8. The Balaban J connectivity index is 1.06. The predicted octanol–water partition coefficient (Wildman–Crippen LogP) is 13.8. The highest BCUT2D eigenvalue weighted by Crippen LogP contribution is 2.41. The molecule has 244 valence electrons. The molecule has 0 fully saturated rings. The Morgan fingerprint density at radius 2 is 0.981 bits per heavy atom. The van der Waals surface area contributed by atoms with E-state index in [1.54, 1.807) is 0 Å². The average Bonchev–Trinajstić information content (AvgIpc) is 3.68. The third-order valence-electron chi connectivity index (χ3n) is 10.0. The molecule has 0 amide bonds. The zero-order valence-corrected chi connectivity index (χ0v) is 28.3. The van der Waals surface area contributed by atoms with Crippen LogP contribution in [0.1, 0.15) is 0 Å². The molecule has 0 saturated carbocycles. The Bertz CT molecular complexity index is 2890. The SMILES string of the molecule is c1ccc(-c2nc3c(-c4ccc5cc(N(c6ccccc6)c6ccc(-c7cccc8ccccc78)cc6)ccc5c4)cc4ccccc4c3o2)cc1. The molecule has 0 aliphatic carbocycles. The predicted molar refractivity (Wildman–Crippen MR) is 218 cm³/mol. The fourth-order valence-corrected chi connectivity index (χ4v) is 7.49. The second-order valence-corrected chi connectivity index (χ2v) is 13.2. The minimum atomic E-state index is 0.629. The fraction of sp³-hybridized carbons (Fsp3) is 0. The summed E-state index contributed by atoms with van der Waals surface area (Å²) in [6.45, 7) is 0. The van der Waals surface area contributed by atoms with Gasteiger partial charge in [-0.2, -0.15) is 0 Å². The van der Waals surface area contributed by atoms with Gasteiger partial charge in [0.25, 0.3) is 0 Å². The number of rotatable bonds is 6. The van der Waals surface area contributed by atoms with Gasteiger partial charge in [0.15, 0.2) is 5.58 Å². The van der Waals surface area contributed by atoms with E-state index in [9.17, 15) is 0 Å². The van der Waals surface area contributed by atoms with Crippen molar-refractivity contribution in [3.05, 3.63) is 194 Å². The Morgan fingerprint density at radius 3 is 1.81 bits per heavy atom. The van der Waals surface area contributed by atoms with Crippen LogP contribution in [0.15, 0.2) is 199 Å². The monoisotopic (exact) mass is 664 g/mol. The van der Waals surface area contributed by atoms with Crippen LogP contribution in [0.3, 0.4) is 0 Å². The minimum absolute atomic E-state index is 0.629. The van der Waals surface area contributed by atoms with Gasteiger partial charge in [-0.1, -0.05) is 133 Å². The maximum atomic E-state index is 6.48. The molecule has 0 N–H and O–H groups in total. The lowest BCUT2D eigenvalue weighted by Crippen LogP contribution is -2.09. The maximum Gasteiger partial charge on any atom is 0.227 e. The first-order valence-electron chi connectivity index (χ1n) is 17.6. The second-order valence-electron chi connectivity index (χ2n) is 13.2. The van der Waals surface area contributed by atoms with Gasteiger partial charge in [-0.15, -0.1) is 0 Å². The molecule has 9 aromatic carbocycles. The second kappa shape index (κ2) is 12.4. The van der Waals surface area contributed by atoms with Crippen LogP contribution in [-0.2, 0) is 0 Å². The van der Waals surface area contributed by atoms with Gasteiger partial charge < -0.3 is 9.32 Å². The Labute approximate surface area is 301 Å². The van der Waals surface area contributed by atoms with Crippen LogP contribution in [0.4, 0.5) is 17.1 Å². The largest absolute Gasteiger partial charge is 0.435 e. The van der Waals surface area contributed by atoms with Gasteiger partial charge in [-0.25, -0.2) is 4.98 Å². The van der Waals surface area contributed by atoms with E-state index < -0.39 is 0 Å². The van der Waals surface area contributed by atoms with E-state index >= 15 is 0 Å². The molecule has 0 saturated heterocycles. The number of anilines is 3. The van der Waals surface area contributed by atoms with Crippen molar-refractivity contribution >= 4 is 60.5 Å². The van der Waals surface area contributed by atoms with Gasteiger partial charge >= 0.3 is 0 Å². The van der Waals surface area contributed by atoms with E-state index in [2.05, 4.69) is 169 Å². The quantitative estimate of drug-likeness (QED) is 0.177. The summed E-state index contributed by atoms with van der Waals surface area (Å²) in [5, 5.41) is 7.02. The molecule has 1 heterocycles. The molecule has 52 heavy (non-hydrogen) atoms. The van der Waals surface area contributed by atoms with Crippen molar-refractivity contribution in [1.29, 1.82) is 0 Å². The van der Waals surface area contributed by atoms with Crippen LogP contribution in [0.25, 0.3) is 77.1 Å². The number of hydrogen-bond donors (Lipinski definition) is 0. The highest BCUT2D eigenvalue weighted by Gasteiger charge is 2.18. The van der Waals surface area contributed by atoms with Crippen molar-refractivity contribution in [3.63, 3.8) is 0 Å². The molecule has 0 unspecified atom stereocenters. The summed E-state index contributed by atoms with van der Waals surface area (Å²) in [7, 11) is 0. The molecule has 0 radical (unpaired) electrons. The van der Waals surface area contributed by atoms with Gasteiger partial charge in [-0.05, 0) is 104 Å². The van der Waals surface area contributed by atoms with Gasteiger partial charge in [0.2, 0.25) is 5.89 Å². The highest BCUT2D eigenvalue weighted by atomic mass is 16.3. The number of nitrogens with zero attached hydrogens (tertiary/aromatic N) is 2. The van der Waals surface area contributed by atoms with E-state index in [-0.39, 0.29) is 0 Å². The summed E-state index contributed by atoms with van der Waals surface area (Å²) < 4.78 is 6.48. The van der Waals surface area contributed by atoms with Crippen LogP contribution in [0, 0.1) is 0 Å². The molecule has 3 nitrogen and oxygen atoms in total. The lowest BCUT2D eigenvalue weighted by molar-refractivity contribution is 0.623. The zero-order chi connectivity index (χ0) is 34.4. The summed E-state index contributed by atoms with van der Waals surface area (Å²) in [5.74, 6) is 0.629. The van der Waals surface area contributed by atoms with Crippen molar-refractivity contribution in [1.82, 2.24) is 4.98 Å². The van der Waals surface area contributed by atoms with Crippen LogP contribution in [0.5, 0.6) is 0 Å². The van der Waals surface area contributed by atoms with E-state index in [1.807, 2.05) is 30.3 Å². The first-order valence-corrected chi connectivity index (χ1v) is 17.6. The zero-order valence-electron chi connectivity index (χ0n) is 28.3. The molecule has 0 atom stereocenters. The van der Waals surface area contributed by atoms with Crippen molar-refractivity contribution < 1.29 is 4.42 Å². The van der Waals surface area contributed by atoms with Crippen LogP contribution < -0.4 is 4.90 Å². The van der Waals surface area contributed by atoms with E-state index in [0.717, 1.165) is 66.4 Å². The highest BCUT2D eigenvalue weighted by molar-refractivity contribution is 6.11. The van der Waals surface area contributed by atoms with Crippen LogP contribution in [-0.4, -0.2) is 4.98 Å². The molecule has 0 bridgehead atoms. The van der Waals surface area contributed by atoms with Crippen molar-refractivity contribution in [2.45, 2.75) is 0 Å². The summed E-state index contributed by atoms with van der Waals surface area (Å²) in [5.41, 5.74) is 10.6. The molecular weight excluding hydrogens is 633 g/mol. The number of fused-ring (bicyclic) bond motifs is 5.